The predicted octanol–water partition coefficient (Wildman–Crippen LogP) is 5.01. The van der Waals surface area contributed by atoms with Crippen LogP contribution in [0.2, 0.25) is 0 Å². The van der Waals surface area contributed by atoms with Gasteiger partial charge in [0, 0.05) is 16.6 Å². The zero-order valence-electron chi connectivity index (χ0n) is 12.9. The van der Waals surface area contributed by atoms with Crippen LogP contribution >= 0.6 is 47.8 Å². The van der Waals surface area contributed by atoms with Gasteiger partial charge in [0.2, 0.25) is 0 Å². The van der Waals surface area contributed by atoms with E-state index in [1.54, 1.807) is 25.3 Å². The molecule has 2 aromatic carbocycles. The Morgan fingerprint density at radius 1 is 0.958 bits per heavy atom. The molecule has 0 saturated heterocycles. The van der Waals surface area contributed by atoms with Crippen molar-refractivity contribution < 1.29 is 19.0 Å². The summed E-state index contributed by atoms with van der Waals surface area (Å²) in [6.45, 7) is -0.137. The van der Waals surface area contributed by atoms with E-state index in [1.165, 1.54) is 7.11 Å². The Hall–Kier alpha value is -1.25. The Morgan fingerprint density at radius 3 is 2.25 bits per heavy atom. The van der Waals surface area contributed by atoms with E-state index < -0.39 is 0 Å². The molecule has 2 aromatic rings. The van der Waals surface area contributed by atoms with Crippen molar-refractivity contribution in [2.24, 2.45) is 0 Å². The highest BCUT2D eigenvalue weighted by atomic mass is 79.9. The average Bonchev–Trinajstić information content (AvgIpc) is 2.55. The monoisotopic (exact) mass is 521 g/mol. The molecular formula is C16H14Br3NO4. The summed E-state index contributed by atoms with van der Waals surface area (Å²) in [6.07, 6.45) is 0. The first kappa shape index (κ1) is 19.1. The number of carbonyl (C=O) groups is 1. The number of hydrogen-bond acceptors (Lipinski definition) is 4. The lowest BCUT2D eigenvalue weighted by atomic mass is 10.2. The fourth-order valence-electron chi connectivity index (χ4n) is 1.88. The molecule has 0 heterocycles. The quantitative estimate of drug-likeness (QED) is 0.578. The van der Waals surface area contributed by atoms with Crippen LogP contribution < -0.4 is 19.5 Å². The van der Waals surface area contributed by atoms with Gasteiger partial charge in [-0.25, -0.2) is 0 Å². The third-order valence-electron chi connectivity index (χ3n) is 3.00. The standard InChI is InChI=1S/C16H14Br3NO4/c1-22-14-7-12(15(23-2)6-11(14)19)20-16(21)8-24-13-4-3-9(17)5-10(13)18/h3-7H,8H2,1-2H3,(H,20,21). The van der Waals surface area contributed by atoms with E-state index in [0.29, 0.717) is 22.9 Å². The van der Waals surface area contributed by atoms with E-state index in [-0.39, 0.29) is 12.5 Å². The average molecular weight is 524 g/mol. The second-order valence-corrected chi connectivity index (χ2v) is 7.22. The molecule has 0 radical (unpaired) electrons. The number of amides is 1. The lowest BCUT2D eigenvalue weighted by molar-refractivity contribution is -0.118. The third kappa shape index (κ3) is 4.87. The van der Waals surface area contributed by atoms with Crippen molar-refractivity contribution in [1.29, 1.82) is 0 Å². The highest BCUT2D eigenvalue weighted by Gasteiger charge is 2.13. The molecule has 8 heteroatoms. The number of methoxy groups -OCH3 is 2. The molecule has 0 fully saturated rings. The van der Waals surface area contributed by atoms with Crippen LogP contribution in [0.5, 0.6) is 17.2 Å². The van der Waals surface area contributed by atoms with Crippen molar-refractivity contribution in [3.05, 3.63) is 43.7 Å². The summed E-state index contributed by atoms with van der Waals surface area (Å²) in [5, 5.41) is 2.75. The molecule has 0 unspecified atom stereocenters. The van der Waals surface area contributed by atoms with Crippen LogP contribution in [0.25, 0.3) is 0 Å². The zero-order chi connectivity index (χ0) is 17.7. The lowest BCUT2D eigenvalue weighted by Gasteiger charge is -2.14. The fourth-order valence-corrected chi connectivity index (χ4v) is 3.53. The van der Waals surface area contributed by atoms with Crippen molar-refractivity contribution in [2.75, 3.05) is 26.1 Å². The Morgan fingerprint density at radius 2 is 1.62 bits per heavy atom. The molecule has 0 bridgehead atoms. The van der Waals surface area contributed by atoms with E-state index in [4.69, 9.17) is 14.2 Å². The number of anilines is 1. The molecule has 0 aliphatic rings. The number of ether oxygens (including phenoxy) is 3. The van der Waals surface area contributed by atoms with Gasteiger partial charge >= 0.3 is 0 Å². The Balaban J connectivity index is 2.06. The zero-order valence-corrected chi connectivity index (χ0v) is 17.6. The maximum atomic E-state index is 12.1. The van der Waals surface area contributed by atoms with Gasteiger partial charge in [0.15, 0.2) is 6.61 Å². The molecule has 24 heavy (non-hydrogen) atoms. The highest BCUT2D eigenvalue weighted by Crippen LogP contribution is 2.36. The predicted molar refractivity (Wildman–Crippen MR) is 103 cm³/mol. The van der Waals surface area contributed by atoms with Gasteiger partial charge in [0.05, 0.1) is 28.9 Å². The summed E-state index contributed by atoms with van der Waals surface area (Å²) in [5.74, 6) is 1.37. The molecule has 0 atom stereocenters. The van der Waals surface area contributed by atoms with E-state index in [2.05, 4.69) is 53.1 Å². The van der Waals surface area contributed by atoms with Crippen LogP contribution in [0.4, 0.5) is 5.69 Å². The molecule has 0 aliphatic heterocycles. The molecule has 0 aromatic heterocycles. The van der Waals surface area contributed by atoms with Crippen LogP contribution in [-0.2, 0) is 4.79 Å². The minimum Gasteiger partial charge on any atom is -0.495 e. The normalized spacial score (nSPS) is 10.2. The van der Waals surface area contributed by atoms with Crippen LogP contribution in [0.15, 0.2) is 43.7 Å². The van der Waals surface area contributed by atoms with Gasteiger partial charge in [-0.15, -0.1) is 0 Å². The van der Waals surface area contributed by atoms with Gasteiger partial charge in [0.25, 0.3) is 5.91 Å². The summed E-state index contributed by atoms with van der Waals surface area (Å²) < 4.78 is 18.4. The molecular weight excluding hydrogens is 510 g/mol. The largest absolute Gasteiger partial charge is 0.495 e. The first-order valence-electron chi connectivity index (χ1n) is 6.73. The van der Waals surface area contributed by atoms with Crippen molar-refractivity contribution in [3.63, 3.8) is 0 Å². The van der Waals surface area contributed by atoms with Crippen LogP contribution in [0.1, 0.15) is 0 Å². The number of benzene rings is 2. The summed E-state index contributed by atoms with van der Waals surface area (Å²) in [5.41, 5.74) is 0.501. The van der Waals surface area contributed by atoms with Crippen LogP contribution in [-0.4, -0.2) is 26.7 Å². The second-order valence-electron chi connectivity index (χ2n) is 4.60. The van der Waals surface area contributed by atoms with Crippen LogP contribution in [0.3, 0.4) is 0 Å². The van der Waals surface area contributed by atoms with E-state index >= 15 is 0 Å². The third-order valence-corrected chi connectivity index (χ3v) is 4.73. The van der Waals surface area contributed by atoms with E-state index in [1.807, 2.05) is 12.1 Å². The fraction of sp³-hybridized carbons (Fsp3) is 0.188. The second kappa shape index (κ2) is 8.73. The highest BCUT2D eigenvalue weighted by molar-refractivity contribution is 9.11. The maximum absolute atomic E-state index is 12.1. The van der Waals surface area contributed by atoms with Gasteiger partial charge in [-0.1, -0.05) is 15.9 Å². The van der Waals surface area contributed by atoms with Gasteiger partial charge in [-0.3, -0.25) is 4.79 Å². The molecule has 0 saturated carbocycles. The number of halogens is 3. The first-order chi connectivity index (χ1) is 11.4. The minimum atomic E-state index is -0.313. The van der Waals surface area contributed by atoms with Gasteiger partial charge in [0.1, 0.15) is 17.2 Å². The Bertz CT molecular complexity index is 752. The Labute approximate surface area is 165 Å². The van der Waals surface area contributed by atoms with E-state index in [0.717, 1.165) is 13.4 Å². The van der Waals surface area contributed by atoms with Gasteiger partial charge in [-0.05, 0) is 50.1 Å². The van der Waals surface area contributed by atoms with Gasteiger partial charge < -0.3 is 19.5 Å². The molecule has 0 spiro atoms. The summed E-state index contributed by atoms with van der Waals surface area (Å²) >= 11 is 10.1. The molecule has 128 valence electrons. The van der Waals surface area contributed by atoms with Crippen molar-refractivity contribution >= 4 is 59.4 Å². The lowest BCUT2D eigenvalue weighted by Crippen LogP contribution is -2.20. The smallest absolute Gasteiger partial charge is 0.262 e. The van der Waals surface area contributed by atoms with Crippen LogP contribution in [0, 0.1) is 0 Å². The molecule has 1 N–H and O–H groups in total. The van der Waals surface area contributed by atoms with Crippen molar-refractivity contribution in [3.8, 4) is 17.2 Å². The summed E-state index contributed by atoms with van der Waals surface area (Å²) in [6, 6.07) is 8.85. The first-order valence-corrected chi connectivity index (χ1v) is 9.11. The molecule has 0 aliphatic carbocycles. The number of rotatable bonds is 6. The molecule has 5 nitrogen and oxygen atoms in total. The van der Waals surface area contributed by atoms with Crippen molar-refractivity contribution in [1.82, 2.24) is 0 Å². The molecule has 2 rings (SSSR count). The van der Waals surface area contributed by atoms with Crippen molar-refractivity contribution in [2.45, 2.75) is 0 Å². The summed E-state index contributed by atoms with van der Waals surface area (Å²) in [7, 11) is 3.08. The topological polar surface area (TPSA) is 56.8 Å². The minimum absolute atomic E-state index is 0.137. The summed E-state index contributed by atoms with van der Waals surface area (Å²) in [4.78, 5) is 12.1. The van der Waals surface area contributed by atoms with E-state index in [9.17, 15) is 4.79 Å². The SMILES string of the molecule is COc1cc(NC(=O)COc2ccc(Br)cc2Br)c(OC)cc1Br. The van der Waals surface area contributed by atoms with Gasteiger partial charge in [-0.2, -0.15) is 0 Å². The maximum Gasteiger partial charge on any atom is 0.262 e. The molecule has 1 amide bonds. The number of hydrogen-bond donors (Lipinski definition) is 1. The number of carbonyl (C=O) groups excluding carboxylic acids is 1. The number of nitrogens with one attached hydrogen (secondary N) is 1. The Kier molecular flexibility index (Phi) is 6.94.